The summed E-state index contributed by atoms with van der Waals surface area (Å²) < 4.78 is 5.74. The Balaban J connectivity index is 2.53. The molecule has 3 atom stereocenters. The number of ether oxygens (including phenoxy) is 1. The van der Waals surface area contributed by atoms with Gasteiger partial charge in [0.2, 0.25) is 0 Å². The fraction of sp³-hybridized carbons (Fsp3) is 1.00. The molecule has 0 amide bonds. The van der Waals surface area contributed by atoms with Crippen molar-refractivity contribution in [3.63, 3.8) is 0 Å². The van der Waals surface area contributed by atoms with Gasteiger partial charge in [-0.05, 0) is 18.8 Å². The summed E-state index contributed by atoms with van der Waals surface area (Å²) in [4.78, 5) is 0. The Morgan fingerprint density at radius 2 is 2.15 bits per heavy atom. The molecule has 1 fully saturated rings. The molecule has 0 aromatic heterocycles. The van der Waals surface area contributed by atoms with Crippen LogP contribution in [0.25, 0.3) is 0 Å². The molecule has 0 aliphatic carbocycles. The van der Waals surface area contributed by atoms with Gasteiger partial charge in [0.25, 0.3) is 0 Å². The molecule has 0 aromatic carbocycles. The quantitative estimate of drug-likeness (QED) is 0.729. The van der Waals surface area contributed by atoms with E-state index in [0.29, 0.717) is 5.92 Å². The maximum atomic E-state index is 9.32. The summed E-state index contributed by atoms with van der Waals surface area (Å²) in [6.45, 7) is 7.58. The summed E-state index contributed by atoms with van der Waals surface area (Å²) in [6.07, 6.45) is 3.58. The molecule has 3 unspecified atom stereocenters. The third-order valence-corrected chi connectivity index (χ3v) is 3.60. The van der Waals surface area contributed by atoms with Crippen molar-refractivity contribution in [3.05, 3.63) is 0 Å². The van der Waals surface area contributed by atoms with Crippen molar-refractivity contribution >= 4 is 0 Å². The zero-order valence-corrected chi connectivity index (χ0v) is 9.05. The molecule has 1 N–H and O–H groups in total. The van der Waals surface area contributed by atoms with Gasteiger partial charge < -0.3 is 9.84 Å². The van der Waals surface area contributed by atoms with Gasteiger partial charge in [-0.3, -0.25) is 0 Å². The van der Waals surface area contributed by atoms with E-state index in [1.165, 1.54) is 6.42 Å². The van der Waals surface area contributed by atoms with Gasteiger partial charge in [0, 0.05) is 12.0 Å². The van der Waals surface area contributed by atoms with E-state index in [2.05, 4.69) is 20.8 Å². The first-order valence-corrected chi connectivity index (χ1v) is 5.38. The minimum atomic E-state index is -0.0239. The predicted molar refractivity (Wildman–Crippen MR) is 53.6 cm³/mol. The number of hydrogen-bond donors (Lipinski definition) is 1. The third-order valence-electron chi connectivity index (χ3n) is 3.60. The second-order valence-corrected chi connectivity index (χ2v) is 4.50. The highest BCUT2D eigenvalue weighted by molar-refractivity contribution is 4.87. The first-order chi connectivity index (χ1) is 6.16. The van der Waals surface area contributed by atoms with Crippen LogP contribution in [-0.4, -0.2) is 24.4 Å². The van der Waals surface area contributed by atoms with E-state index in [4.69, 9.17) is 4.74 Å². The van der Waals surface area contributed by atoms with Gasteiger partial charge in [0.15, 0.2) is 0 Å². The van der Waals surface area contributed by atoms with Crippen molar-refractivity contribution in [2.75, 3.05) is 13.2 Å². The lowest BCUT2D eigenvalue weighted by Crippen LogP contribution is -2.34. The maximum absolute atomic E-state index is 9.32. The van der Waals surface area contributed by atoms with Gasteiger partial charge >= 0.3 is 0 Å². The summed E-state index contributed by atoms with van der Waals surface area (Å²) in [5.74, 6) is 0.711. The van der Waals surface area contributed by atoms with Gasteiger partial charge in [0.1, 0.15) is 0 Å². The minimum absolute atomic E-state index is 0.0239. The van der Waals surface area contributed by atoms with Crippen molar-refractivity contribution in [3.8, 4) is 0 Å². The molecule has 0 radical (unpaired) electrons. The van der Waals surface area contributed by atoms with E-state index in [1.807, 2.05) is 0 Å². The Morgan fingerprint density at radius 1 is 1.46 bits per heavy atom. The van der Waals surface area contributed by atoms with E-state index in [-0.39, 0.29) is 18.1 Å². The Kier molecular flexibility index (Phi) is 3.74. The summed E-state index contributed by atoms with van der Waals surface area (Å²) in [7, 11) is 0. The zero-order valence-electron chi connectivity index (χ0n) is 9.05. The molecule has 1 heterocycles. The molecular weight excluding hydrogens is 164 g/mol. The van der Waals surface area contributed by atoms with Crippen LogP contribution in [0.4, 0.5) is 0 Å². The van der Waals surface area contributed by atoms with Gasteiger partial charge in [-0.25, -0.2) is 0 Å². The molecule has 78 valence electrons. The van der Waals surface area contributed by atoms with Crippen molar-refractivity contribution < 1.29 is 9.84 Å². The average molecular weight is 186 g/mol. The number of hydrogen-bond acceptors (Lipinski definition) is 2. The fourth-order valence-electron chi connectivity index (χ4n) is 1.90. The molecule has 0 bridgehead atoms. The molecule has 1 aliphatic rings. The van der Waals surface area contributed by atoms with Gasteiger partial charge in [-0.15, -0.1) is 0 Å². The van der Waals surface area contributed by atoms with Crippen molar-refractivity contribution in [1.82, 2.24) is 0 Å². The van der Waals surface area contributed by atoms with Crippen LogP contribution < -0.4 is 0 Å². The Bertz CT molecular complexity index is 152. The summed E-state index contributed by atoms with van der Waals surface area (Å²) in [5.41, 5.74) is -0.0239. The SMILES string of the molecule is CCC1COC(C(C)(CC)CO)C1. The largest absolute Gasteiger partial charge is 0.396 e. The molecule has 0 spiro atoms. The fourth-order valence-corrected chi connectivity index (χ4v) is 1.90. The molecule has 13 heavy (non-hydrogen) atoms. The summed E-state index contributed by atoms with van der Waals surface area (Å²) >= 11 is 0. The highest BCUT2D eigenvalue weighted by Gasteiger charge is 2.38. The van der Waals surface area contributed by atoms with Crippen LogP contribution in [0.5, 0.6) is 0 Å². The van der Waals surface area contributed by atoms with Crippen LogP contribution in [0.3, 0.4) is 0 Å². The summed E-state index contributed by atoms with van der Waals surface area (Å²) in [5, 5.41) is 9.32. The topological polar surface area (TPSA) is 29.5 Å². The molecule has 2 heteroatoms. The molecular formula is C11H22O2. The van der Waals surface area contributed by atoms with Crippen LogP contribution in [0.1, 0.15) is 40.0 Å². The molecule has 1 saturated heterocycles. The Labute approximate surface area is 81.3 Å². The lowest BCUT2D eigenvalue weighted by atomic mass is 9.79. The normalized spacial score (nSPS) is 33.2. The van der Waals surface area contributed by atoms with Gasteiger partial charge in [0.05, 0.1) is 12.7 Å². The van der Waals surface area contributed by atoms with E-state index in [9.17, 15) is 5.11 Å². The smallest absolute Gasteiger partial charge is 0.0654 e. The number of aliphatic hydroxyl groups excluding tert-OH is 1. The lowest BCUT2D eigenvalue weighted by Gasteiger charge is -2.31. The van der Waals surface area contributed by atoms with Crippen LogP contribution in [0.2, 0.25) is 0 Å². The average Bonchev–Trinajstić information content (AvgIpc) is 2.65. The Morgan fingerprint density at radius 3 is 2.54 bits per heavy atom. The molecule has 0 saturated carbocycles. The van der Waals surface area contributed by atoms with E-state index < -0.39 is 0 Å². The first kappa shape index (κ1) is 11.0. The monoisotopic (exact) mass is 186 g/mol. The first-order valence-electron chi connectivity index (χ1n) is 5.38. The van der Waals surface area contributed by atoms with Crippen LogP contribution in [0, 0.1) is 11.3 Å². The predicted octanol–water partition coefficient (Wildman–Crippen LogP) is 2.21. The zero-order chi connectivity index (χ0) is 9.90. The van der Waals surface area contributed by atoms with Crippen LogP contribution in [-0.2, 0) is 4.74 Å². The standard InChI is InChI=1S/C11H22O2/c1-4-9-6-10(13-7-9)11(3,5-2)8-12/h9-10,12H,4-8H2,1-3H3. The molecule has 0 aromatic rings. The van der Waals surface area contributed by atoms with Crippen molar-refractivity contribution in [2.24, 2.45) is 11.3 Å². The lowest BCUT2D eigenvalue weighted by molar-refractivity contribution is -0.0261. The van der Waals surface area contributed by atoms with Gasteiger partial charge in [-0.2, -0.15) is 0 Å². The summed E-state index contributed by atoms with van der Waals surface area (Å²) in [6, 6.07) is 0. The van der Waals surface area contributed by atoms with Crippen molar-refractivity contribution in [1.29, 1.82) is 0 Å². The maximum Gasteiger partial charge on any atom is 0.0654 e. The van der Waals surface area contributed by atoms with E-state index >= 15 is 0 Å². The molecule has 1 aliphatic heterocycles. The van der Waals surface area contributed by atoms with E-state index in [0.717, 1.165) is 19.4 Å². The highest BCUT2D eigenvalue weighted by Crippen LogP contribution is 2.36. The second kappa shape index (κ2) is 4.43. The number of rotatable bonds is 4. The number of aliphatic hydroxyl groups is 1. The van der Waals surface area contributed by atoms with Crippen molar-refractivity contribution in [2.45, 2.75) is 46.1 Å². The van der Waals surface area contributed by atoms with E-state index in [1.54, 1.807) is 0 Å². The third kappa shape index (κ3) is 2.23. The minimum Gasteiger partial charge on any atom is -0.396 e. The second-order valence-electron chi connectivity index (χ2n) is 4.50. The molecule has 2 nitrogen and oxygen atoms in total. The van der Waals surface area contributed by atoms with Crippen LogP contribution >= 0.6 is 0 Å². The van der Waals surface area contributed by atoms with Crippen LogP contribution in [0.15, 0.2) is 0 Å². The highest BCUT2D eigenvalue weighted by atomic mass is 16.5. The molecule has 1 rings (SSSR count). The Hall–Kier alpha value is -0.0800. The van der Waals surface area contributed by atoms with Gasteiger partial charge in [-0.1, -0.05) is 27.2 Å².